The van der Waals surface area contributed by atoms with E-state index < -0.39 is 0 Å². The second kappa shape index (κ2) is 5.69. The molecule has 0 unspecified atom stereocenters. The molecule has 0 saturated heterocycles. The lowest BCUT2D eigenvalue weighted by molar-refractivity contribution is 1.08. The van der Waals surface area contributed by atoms with Crippen molar-refractivity contribution in [2.45, 2.75) is 18.7 Å². The zero-order valence-corrected chi connectivity index (χ0v) is 13.1. The lowest BCUT2D eigenvalue weighted by atomic mass is 10.3. The smallest absolute Gasteiger partial charge is 0.182 e. The van der Waals surface area contributed by atoms with Crippen LogP contribution in [0.1, 0.15) is 11.3 Å². The highest BCUT2D eigenvalue weighted by Crippen LogP contribution is 2.26. The van der Waals surface area contributed by atoms with Crippen molar-refractivity contribution in [2.24, 2.45) is 10.2 Å². The number of benzene rings is 1. The van der Waals surface area contributed by atoms with Crippen molar-refractivity contribution in [3.8, 4) is 0 Å². The number of thioether (sulfide) groups is 1. The molecule has 4 nitrogen and oxygen atoms in total. The summed E-state index contributed by atoms with van der Waals surface area (Å²) in [6.45, 7) is 4.01. The minimum atomic E-state index is 0.781. The maximum Gasteiger partial charge on any atom is 0.182 e. The topological polar surface area (TPSA) is 42.0 Å². The van der Waals surface area contributed by atoms with Crippen LogP contribution >= 0.6 is 11.8 Å². The fourth-order valence-electron chi connectivity index (χ4n) is 2.15. The standard InChI is InChI=1S/C16H16N4S/c1-11-7-8-15-17-12(2)16(20(15)10-11)19-18-13-5-4-6-14(9-13)21-3/h4-10H,1-3H3. The lowest BCUT2D eigenvalue weighted by Gasteiger charge is -1.99. The van der Waals surface area contributed by atoms with E-state index in [1.807, 2.05) is 54.1 Å². The van der Waals surface area contributed by atoms with E-state index in [1.54, 1.807) is 11.8 Å². The molecule has 0 atom stereocenters. The largest absolute Gasteiger partial charge is 0.283 e. The van der Waals surface area contributed by atoms with E-state index in [9.17, 15) is 0 Å². The third kappa shape index (κ3) is 2.83. The van der Waals surface area contributed by atoms with Gasteiger partial charge in [0, 0.05) is 11.1 Å². The number of azo groups is 1. The van der Waals surface area contributed by atoms with Gasteiger partial charge in [-0.05, 0) is 49.9 Å². The summed E-state index contributed by atoms with van der Waals surface area (Å²) >= 11 is 1.69. The molecule has 0 radical (unpaired) electrons. The third-order valence-electron chi connectivity index (χ3n) is 3.22. The number of rotatable bonds is 3. The molecule has 0 aliphatic heterocycles. The number of hydrogen-bond donors (Lipinski definition) is 0. The zero-order valence-electron chi connectivity index (χ0n) is 12.2. The van der Waals surface area contributed by atoms with Gasteiger partial charge in [-0.2, -0.15) is 0 Å². The Hall–Kier alpha value is -2.14. The number of nitrogens with zero attached hydrogens (tertiary/aromatic N) is 4. The summed E-state index contributed by atoms with van der Waals surface area (Å²) in [7, 11) is 0. The number of aryl methyl sites for hydroxylation is 2. The van der Waals surface area contributed by atoms with Gasteiger partial charge in [-0.3, -0.25) is 4.40 Å². The lowest BCUT2D eigenvalue weighted by Crippen LogP contribution is -1.84. The first-order valence-electron chi connectivity index (χ1n) is 6.68. The Labute approximate surface area is 127 Å². The minimum absolute atomic E-state index is 0.781. The molecule has 0 spiro atoms. The van der Waals surface area contributed by atoms with Crippen molar-refractivity contribution in [3.63, 3.8) is 0 Å². The summed E-state index contributed by atoms with van der Waals surface area (Å²) in [5, 5.41) is 8.75. The monoisotopic (exact) mass is 296 g/mol. The first-order chi connectivity index (χ1) is 10.2. The predicted octanol–water partition coefficient (Wildman–Crippen LogP) is 5.09. The van der Waals surface area contributed by atoms with Crippen molar-refractivity contribution >= 4 is 28.9 Å². The van der Waals surface area contributed by atoms with Gasteiger partial charge in [0.2, 0.25) is 0 Å². The van der Waals surface area contributed by atoms with Crippen molar-refractivity contribution in [1.82, 2.24) is 9.38 Å². The van der Waals surface area contributed by atoms with Crippen molar-refractivity contribution in [3.05, 3.63) is 53.9 Å². The van der Waals surface area contributed by atoms with Crippen molar-refractivity contribution in [2.75, 3.05) is 6.26 Å². The number of aromatic nitrogens is 2. The molecule has 0 aliphatic rings. The van der Waals surface area contributed by atoms with Gasteiger partial charge in [0.1, 0.15) is 5.65 Å². The van der Waals surface area contributed by atoms with Crippen LogP contribution in [0.2, 0.25) is 0 Å². The predicted molar refractivity (Wildman–Crippen MR) is 87.1 cm³/mol. The number of pyridine rings is 1. The summed E-state index contributed by atoms with van der Waals surface area (Å²) in [4.78, 5) is 5.68. The minimum Gasteiger partial charge on any atom is -0.283 e. The number of imidazole rings is 1. The molecule has 3 rings (SSSR count). The summed E-state index contributed by atoms with van der Waals surface area (Å²) in [5.74, 6) is 0.781. The second-order valence-corrected chi connectivity index (χ2v) is 5.74. The van der Waals surface area contributed by atoms with Crippen LogP contribution in [0.4, 0.5) is 11.5 Å². The van der Waals surface area contributed by atoms with Gasteiger partial charge in [0.15, 0.2) is 5.82 Å². The molecule has 0 amide bonds. The summed E-state index contributed by atoms with van der Waals surface area (Å²) in [5.41, 5.74) is 3.79. The SMILES string of the molecule is CSc1cccc(N=Nc2c(C)nc3ccc(C)cn23)c1. The first kappa shape index (κ1) is 13.8. The van der Waals surface area contributed by atoms with E-state index in [0.717, 1.165) is 22.8 Å². The van der Waals surface area contributed by atoms with Crippen LogP contribution in [0.25, 0.3) is 5.65 Å². The quantitative estimate of drug-likeness (QED) is 0.499. The van der Waals surface area contributed by atoms with E-state index in [4.69, 9.17) is 0 Å². The van der Waals surface area contributed by atoms with Crippen molar-refractivity contribution in [1.29, 1.82) is 0 Å². The van der Waals surface area contributed by atoms with E-state index in [0.29, 0.717) is 0 Å². The third-order valence-corrected chi connectivity index (χ3v) is 3.95. The molecule has 1 aromatic carbocycles. The van der Waals surface area contributed by atoms with Gasteiger partial charge in [0.05, 0.1) is 11.4 Å². The van der Waals surface area contributed by atoms with Gasteiger partial charge in [0.25, 0.3) is 0 Å². The summed E-state index contributed by atoms with van der Waals surface area (Å²) in [6.07, 6.45) is 4.08. The molecule has 2 aromatic heterocycles. The molecular weight excluding hydrogens is 280 g/mol. The normalized spacial score (nSPS) is 11.6. The maximum absolute atomic E-state index is 4.51. The van der Waals surface area contributed by atoms with Gasteiger partial charge in [-0.1, -0.05) is 12.1 Å². The molecule has 0 N–H and O–H groups in total. The number of fused-ring (bicyclic) bond motifs is 1. The van der Waals surface area contributed by atoms with E-state index >= 15 is 0 Å². The van der Waals surface area contributed by atoms with Gasteiger partial charge in [-0.25, -0.2) is 4.98 Å². The summed E-state index contributed by atoms with van der Waals surface area (Å²) < 4.78 is 1.98. The van der Waals surface area contributed by atoms with Gasteiger partial charge in [-0.15, -0.1) is 22.0 Å². The molecule has 0 saturated carbocycles. The molecule has 3 aromatic rings. The van der Waals surface area contributed by atoms with Gasteiger partial charge >= 0.3 is 0 Å². The highest BCUT2D eigenvalue weighted by molar-refractivity contribution is 7.98. The fraction of sp³-hybridized carbons (Fsp3) is 0.188. The van der Waals surface area contributed by atoms with Crippen LogP contribution in [0.5, 0.6) is 0 Å². The van der Waals surface area contributed by atoms with Crippen LogP contribution in [0, 0.1) is 13.8 Å². The molecule has 2 heterocycles. The summed E-state index contributed by atoms with van der Waals surface area (Å²) in [6, 6.07) is 12.1. The highest BCUT2D eigenvalue weighted by Gasteiger charge is 2.07. The van der Waals surface area contributed by atoms with Crippen molar-refractivity contribution < 1.29 is 0 Å². The van der Waals surface area contributed by atoms with Crippen LogP contribution in [-0.2, 0) is 0 Å². The Bertz CT molecular complexity index is 820. The van der Waals surface area contributed by atoms with Crippen LogP contribution in [-0.4, -0.2) is 15.6 Å². The fourth-order valence-corrected chi connectivity index (χ4v) is 2.61. The Morgan fingerprint density at radius 3 is 2.76 bits per heavy atom. The Morgan fingerprint density at radius 1 is 1.10 bits per heavy atom. The van der Waals surface area contributed by atoms with E-state index in [-0.39, 0.29) is 0 Å². The van der Waals surface area contributed by atoms with Crippen LogP contribution in [0.15, 0.2) is 57.7 Å². The average Bonchev–Trinajstić information content (AvgIpc) is 2.80. The molecule has 21 heavy (non-hydrogen) atoms. The van der Waals surface area contributed by atoms with E-state index in [2.05, 4.69) is 28.2 Å². The molecule has 5 heteroatoms. The second-order valence-electron chi connectivity index (χ2n) is 4.86. The molecule has 0 bridgehead atoms. The molecule has 106 valence electrons. The van der Waals surface area contributed by atoms with Crippen LogP contribution < -0.4 is 0 Å². The maximum atomic E-state index is 4.51. The van der Waals surface area contributed by atoms with E-state index in [1.165, 1.54) is 10.5 Å². The van der Waals surface area contributed by atoms with Gasteiger partial charge < -0.3 is 0 Å². The first-order valence-corrected chi connectivity index (χ1v) is 7.91. The Kier molecular flexibility index (Phi) is 3.75. The molecular formula is C16H16N4S. The Balaban J connectivity index is 2.02. The molecule has 0 aliphatic carbocycles. The number of hydrogen-bond acceptors (Lipinski definition) is 4. The van der Waals surface area contributed by atoms with Crippen LogP contribution in [0.3, 0.4) is 0 Å². The average molecular weight is 296 g/mol. The highest BCUT2D eigenvalue weighted by atomic mass is 32.2. The zero-order chi connectivity index (χ0) is 14.8. The molecule has 0 fully saturated rings. The Morgan fingerprint density at radius 2 is 1.95 bits per heavy atom.